The minimum atomic E-state index is -0.826. The van der Waals surface area contributed by atoms with Gasteiger partial charge in [-0.05, 0) is 24.6 Å². The number of aromatic amines is 1. The zero-order chi connectivity index (χ0) is 24.5. The summed E-state index contributed by atoms with van der Waals surface area (Å²) in [4.78, 5) is 39.5. The fourth-order valence-electron chi connectivity index (χ4n) is 3.25. The second-order valence-corrected chi connectivity index (χ2v) is 7.41. The van der Waals surface area contributed by atoms with Crippen molar-refractivity contribution in [3.05, 3.63) is 71.8 Å². The number of hydrogen-bond donors (Lipinski definition) is 2. The normalized spacial score (nSPS) is 14.6. The van der Waals surface area contributed by atoms with Crippen molar-refractivity contribution in [2.75, 3.05) is 25.2 Å². The summed E-state index contributed by atoms with van der Waals surface area (Å²) >= 11 is 0. The lowest BCUT2D eigenvalue weighted by atomic mass is 10.1. The highest BCUT2D eigenvalue weighted by molar-refractivity contribution is 6.02. The molecule has 4 rings (SSSR count). The molecular formula is C24H27N5O5. The second kappa shape index (κ2) is 11.6. The van der Waals surface area contributed by atoms with Crippen LogP contribution in [-0.4, -0.2) is 59.3 Å². The van der Waals surface area contributed by atoms with Gasteiger partial charge in [-0.15, -0.1) is 10.2 Å². The smallest absolute Gasteiger partial charge is 0.302 e. The summed E-state index contributed by atoms with van der Waals surface area (Å²) in [6.07, 6.45) is 0.532. The summed E-state index contributed by atoms with van der Waals surface area (Å²) in [6.45, 7) is 3.69. The summed E-state index contributed by atoms with van der Waals surface area (Å²) in [6, 6.07) is 16.2. The quantitative estimate of drug-likeness (QED) is 0.553. The van der Waals surface area contributed by atoms with E-state index < -0.39 is 11.9 Å². The third-order valence-electron chi connectivity index (χ3n) is 4.88. The van der Waals surface area contributed by atoms with Crippen molar-refractivity contribution in [2.45, 2.75) is 26.3 Å². The van der Waals surface area contributed by atoms with E-state index in [9.17, 15) is 14.4 Å². The number of aromatic nitrogens is 3. The molecule has 0 saturated carbocycles. The van der Waals surface area contributed by atoms with Crippen LogP contribution in [0.2, 0.25) is 0 Å². The predicted octanol–water partition coefficient (Wildman–Crippen LogP) is 2.12. The van der Waals surface area contributed by atoms with E-state index in [0.29, 0.717) is 30.3 Å². The minimum absolute atomic E-state index is 0.0386. The molecule has 1 aliphatic heterocycles. The van der Waals surface area contributed by atoms with E-state index in [1.807, 2.05) is 42.5 Å². The molecule has 0 spiro atoms. The number of amides is 2. The zero-order valence-corrected chi connectivity index (χ0v) is 19.3. The number of benzene rings is 2. The lowest BCUT2D eigenvalue weighted by Gasteiger charge is -2.19. The van der Waals surface area contributed by atoms with Crippen LogP contribution in [0.25, 0.3) is 0 Å². The topological polar surface area (TPSA) is 127 Å². The van der Waals surface area contributed by atoms with Crippen molar-refractivity contribution in [2.24, 2.45) is 0 Å². The average Bonchev–Trinajstić information content (AvgIpc) is 3.26. The van der Waals surface area contributed by atoms with Gasteiger partial charge in [-0.3, -0.25) is 14.4 Å². The van der Waals surface area contributed by atoms with Crippen molar-refractivity contribution in [1.82, 2.24) is 20.5 Å². The number of hydrogen-bond acceptors (Lipinski definition) is 7. The molecule has 34 heavy (non-hydrogen) atoms. The molecule has 10 heteroatoms. The van der Waals surface area contributed by atoms with Gasteiger partial charge in [0.25, 0.3) is 11.8 Å². The number of carbonyl (C=O) groups excluding carboxylic acids is 3. The Bertz CT molecular complexity index is 1130. The Balaban J connectivity index is 0.000000481. The molecule has 1 unspecified atom stereocenters. The number of rotatable bonds is 5. The lowest BCUT2D eigenvalue weighted by molar-refractivity contribution is -0.140. The molecule has 0 saturated heterocycles. The van der Waals surface area contributed by atoms with Crippen molar-refractivity contribution in [3.63, 3.8) is 0 Å². The maximum Gasteiger partial charge on any atom is 0.302 e. The van der Waals surface area contributed by atoms with Crippen LogP contribution in [0.4, 0.5) is 5.69 Å². The van der Waals surface area contributed by atoms with Crippen LogP contribution < -0.4 is 15.0 Å². The number of H-pyrrole nitrogens is 1. The highest BCUT2D eigenvalue weighted by atomic mass is 16.5. The van der Waals surface area contributed by atoms with E-state index in [0.717, 1.165) is 5.56 Å². The van der Waals surface area contributed by atoms with Gasteiger partial charge >= 0.3 is 5.97 Å². The van der Waals surface area contributed by atoms with Gasteiger partial charge in [0.05, 0.1) is 12.3 Å². The standard InChI is InChI=1S/C20H19N5O3.C4H8O2/c1-25-15-9-5-6-10-16(15)28-12-14(20(25)27)21-19(26)18-22-17(23-24-18)11-13-7-3-2-4-8-13;1-3-6-4(2)5/h2-10,14H,11-12H2,1H3,(H,21,26)(H,22,23,24);3H2,1-2H3. The van der Waals surface area contributed by atoms with Crippen LogP contribution >= 0.6 is 0 Å². The number of carbonyl (C=O) groups is 3. The van der Waals surface area contributed by atoms with Crippen molar-refractivity contribution < 1.29 is 23.9 Å². The van der Waals surface area contributed by atoms with E-state index in [1.54, 1.807) is 26.1 Å². The van der Waals surface area contributed by atoms with Crippen molar-refractivity contribution in [3.8, 4) is 5.75 Å². The number of para-hydroxylation sites is 2. The Morgan fingerprint density at radius 3 is 2.53 bits per heavy atom. The first kappa shape index (κ1) is 24.4. The summed E-state index contributed by atoms with van der Waals surface area (Å²) in [5.74, 6) is 0.250. The minimum Gasteiger partial charge on any atom is -0.489 e. The molecule has 0 bridgehead atoms. The summed E-state index contributed by atoms with van der Waals surface area (Å²) in [5.41, 5.74) is 1.71. The van der Waals surface area contributed by atoms with Crippen molar-refractivity contribution in [1.29, 1.82) is 0 Å². The van der Waals surface area contributed by atoms with Gasteiger partial charge in [0.15, 0.2) is 0 Å². The Morgan fingerprint density at radius 1 is 1.15 bits per heavy atom. The molecule has 0 fully saturated rings. The third kappa shape index (κ3) is 6.41. The molecule has 178 valence electrons. The maximum absolute atomic E-state index is 12.7. The SMILES string of the molecule is CCOC(C)=O.CN1C(=O)C(NC(=O)c2nnc(Cc3ccccc3)[nH]2)COc2ccccc21. The molecule has 2 N–H and O–H groups in total. The van der Waals surface area contributed by atoms with Gasteiger partial charge in [0.2, 0.25) is 5.82 Å². The van der Waals surface area contributed by atoms with Crippen LogP contribution in [0.3, 0.4) is 0 Å². The van der Waals surface area contributed by atoms with Crippen molar-refractivity contribution >= 4 is 23.5 Å². The predicted molar refractivity (Wildman–Crippen MR) is 125 cm³/mol. The van der Waals surface area contributed by atoms with Gasteiger partial charge in [-0.1, -0.05) is 42.5 Å². The Kier molecular flexibility index (Phi) is 8.33. The maximum atomic E-state index is 12.7. The number of nitrogens with one attached hydrogen (secondary N) is 2. The highest BCUT2D eigenvalue weighted by Crippen LogP contribution is 2.29. The number of likely N-dealkylation sites (N-methyl/N-ethyl adjacent to an activating group) is 1. The number of ether oxygens (including phenoxy) is 2. The number of anilines is 1. The first-order valence-electron chi connectivity index (χ1n) is 10.8. The highest BCUT2D eigenvalue weighted by Gasteiger charge is 2.31. The third-order valence-corrected chi connectivity index (χ3v) is 4.88. The van der Waals surface area contributed by atoms with Gasteiger partial charge in [0, 0.05) is 20.4 Å². The summed E-state index contributed by atoms with van der Waals surface area (Å²) in [5, 5.41) is 10.6. The first-order chi connectivity index (χ1) is 16.4. The monoisotopic (exact) mass is 465 g/mol. The molecule has 2 heterocycles. The molecule has 2 amide bonds. The second-order valence-electron chi connectivity index (χ2n) is 7.41. The van der Waals surface area contributed by atoms with E-state index in [-0.39, 0.29) is 24.3 Å². The zero-order valence-electron chi connectivity index (χ0n) is 19.3. The van der Waals surface area contributed by atoms with Gasteiger partial charge in [0.1, 0.15) is 24.2 Å². The molecule has 0 aliphatic carbocycles. The number of esters is 1. The number of fused-ring (bicyclic) bond motifs is 1. The van der Waals surface area contributed by atoms with Crippen LogP contribution in [0, 0.1) is 0 Å². The van der Waals surface area contributed by atoms with E-state index >= 15 is 0 Å². The van der Waals surface area contributed by atoms with E-state index in [2.05, 4.69) is 25.2 Å². The molecular weight excluding hydrogens is 438 g/mol. The molecule has 1 aliphatic rings. The Hall–Kier alpha value is -4.21. The summed E-state index contributed by atoms with van der Waals surface area (Å²) in [7, 11) is 1.65. The van der Waals surface area contributed by atoms with Crippen LogP contribution in [0.1, 0.15) is 35.9 Å². The largest absolute Gasteiger partial charge is 0.489 e. The van der Waals surface area contributed by atoms with E-state index in [4.69, 9.17) is 4.74 Å². The van der Waals surface area contributed by atoms with E-state index in [1.165, 1.54) is 11.8 Å². The number of nitrogens with zero attached hydrogens (tertiary/aromatic N) is 3. The van der Waals surface area contributed by atoms with Gasteiger partial charge < -0.3 is 24.7 Å². The van der Waals surface area contributed by atoms with Crippen LogP contribution in [0.15, 0.2) is 54.6 Å². The fraction of sp³-hybridized carbons (Fsp3) is 0.292. The van der Waals surface area contributed by atoms with Crippen LogP contribution in [-0.2, 0) is 20.7 Å². The summed E-state index contributed by atoms with van der Waals surface area (Å²) < 4.78 is 10.1. The molecule has 1 aromatic heterocycles. The molecule has 0 radical (unpaired) electrons. The molecule has 2 aromatic carbocycles. The van der Waals surface area contributed by atoms with Crippen LogP contribution in [0.5, 0.6) is 5.75 Å². The molecule has 3 aromatic rings. The lowest BCUT2D eigenvalue weighted by Crippen LogP contribution is -2.49. The Labute approximate surface area is 197 Å². The Morgan fingerprint density at radius 2 is 1.85 bits per heavy atom. The molecule has 1 atom stereocenters. The first-order valence-corrected chi connectivity index (χ1v) is 10.8. The average molecular weight is 466 g/mol. The van der Waals surface area contributed by atoms with Gasteiger partial charge in [-0.25, -0.2) is 0 Å². The molecule has 10 nitrogen and oxygen atoms in total. The van der Waals surface area contributed by atoms with Gasteiger partial charge in [-0.2, -0.15) is 0 Å². The fourth-order valence-corrected chi connectivity index (χ4v) is 3.25.